The Hall–Kier alpha value is -2.04. The number of hydrogen-bond acceptors (Lipinski definition) is 3. The van der Waals surface area contributed by atoms with Gasteiger partial charge in [-0.15, -0.1) is 0 Å². The maximum Gasteiger partial charge on any atom is 0.132 e. The lowest BCUT2D eigenvalue weighted by molar-refractivity contribution is 0.287. The number of nitrogen functional groups attached to an aromatic ring is 1. The number of rotatable bonds is 4. The molecule has 2 rings (SSSR count). The highest BCUT2D eigenvalue weighted by Crippen LogP contribution is 2.19. The molecule has 1 aromatic heterocycles. The molecule has 0 amide bonds. The van der Waals surface area contributed by atoms with E-state index >= 15 is 0 Å². The van der Waals surface area contributed by atoms with Crippen molar-refractivity contribution in [2.45, 2.75) is 26.5 Å². The zero-order chi connectivity index (χ0) is 13.1. The number of benzene rings is 1. The molecule has 5 heteroatoms. The SMILES string of the molecule is CC(C)n1ncc(N)c1COc1cccc(F)c1. The number of aromatic nitrogens is 2. The summed E-state index contributed by atoms with van der Waals surface area (Å²) in [7, 11) is 0. The summed E-state index contributed by atoms with van der Waals surface area (Å²) in [6, 6.07) is 6.23. The van der Waals surface area contributed by atoms with Crippen molar-refractivity contribution in [3.05, 3.63) is 42.0 Å². The molecule has 0 bridgehead atoms. The molecule has 0 fully saturated rings. The topological polar surface area (TPSA) is 53.1 Å². The van der Waals surface area contributed by atoms with Crippen LogP contribution in [-0.2, 0) is 6.61 Å². The molecule has 96 valence electrons. The fourth-order valence-electron chi connectivity index (χ4n) is 1.70. The van der Waals surface area contributed by atoms with Gasteiger partial charge in [0, 0.05) is 12.1 Å². The summed E-state index contributed by atoms with van der Waals surface area (Å²) in [5.41, 5.74) is 7.22. The van der Waals surface area contributed by atoms with Crippen molar-refractivity contribution < 1.29 is 9.13 Å². The van der Waals surface area contributed by atoms with Gasteiger partial charge in [-0.05, 0) is 26.0 Å². The predicted octanol–water partition coefficient (Wildman–Crippen LogP) is 2.76. The molecule has 0 atom stereocenters. The molecule has 0 radical (unpaired) electrons. The van der Waals surface area contributed by atoms with Gasteiger partial charge in [-0.1, -0.05) is 6.07 Å². The van der Waals surface area contributed by atoms with Crippen molar-refractivity contribution in [3.63, 3.8) is 0 Å². The van der Waals surface area contributed by atoms with Gasteiger partial charge in [0.25, 0.3) is 0 Å². The minimum absolute atomic E-state index is 0.202. The van der Waals surface area contributed by atoms with Crippen LogP contribution in [0.5, 0.6) is 5.75 Å². The van der Waals surface area contributed by atoms with E-state index < -0.39 is 0 Å². The number of nitrogens with zero attached hydrogens (tertiary/aromatic N) is 2. The smallest absolute Gasteiger partial charge is 0.132 e. The van der Waals surface area contributed by atoms with Gasteiger partial charge in [0.05, 0.1) is 17.6 Å². The third-order valence-corrected chi connectivity index (χ3v) is 2.59. The summed E-state index contributed by atoms with van der Waals surface area (Å²) >= 11 is 0. The summed E-state index contributed by atoms with van der Waals surface area (Å²) < 4.78 is 20.3. The highest BCUT2D eigenvalue weighted by atomic mass is 19.1. The van der Waals surface area contributed by atoms with Crippen molar-refractivity contribution in [1.82, 2.24) is 9.78 Å². The molecule has 0 aliphatic heterocycles. The van der Waals surface area contributed by atoms with E-state index in [1.54, 1.807) is 23.0 Å². The second-order valence-electron chi connectivity index (χ2n) is 4.33. The van der Waals surface area contributed by atoms with Crippen molar-refractivity contribution in [2.24, 2.45) is 0 Å². The van der Waals surface area contributed by atoms with E-state index in [1.165, 1.54) is 12.1 Å². The molecule has 0 spiro atoms. The Morgan fingerprint density at radius 2 is 2.22 bits per heavy atom. The first-order valence-corrected chi connectivity index (χ1v) is 5.78. The largest absolute Gasteiger partial charge is 0.487 e. The Balaban J connectivity index is 2.13. The fraction of sp³-hybridized carbons (Fsp3) is 0.308. The average molecular weight is 249 g/mol. The Labute approximate surface area is 105 Å². The first kappa shape index (κ1) is 12.4. The van der Waals surface area contributed by atoms with E-state index in [0.717, 1.165) is 5.69 Å². The number of hydrogen-bond donors (Lipinski definition) is 1. The van der Waals surface area contributed by atoms with E-state index in [0.29, 0.717) is 11.4 Å². The van der Waals surface area contributed by atoms with Gasteiger partial charge in [0.1, 0.15) is 18.2 Å². The number of ether oxygens (including phenoxy) is 1. The monoisotopic (exact) mass is 249 g/mol. The second-order valence-corrected chi connectivity index (χ2v) is 4.33. The van der Waals surface area contributed by atoms with Crippen molar-refractivity contribution in [1.29, 1.82) is 0 Å². The quantitative estimate of drug-likeness (QED) is 0.906. The Kier molecular flexibility index (Phi) is 3.50. The standard InChI is InChI=1S/C13H16FN3O/c1-9(2)17-13(12(15)7-16-17)8-18-11-5-3-4-10(14)6-11/h3-7,9H,8,15H2,1-2H3. The first-order chi connectivity index (χ1) is 8.58. The summed E-state index contributed by atoms with van der Waals surface area (Å²) in [4.78, 5) is 0. The molecule has 0 aliphatic rings. The lowest BCUT2D eigenvalue weighted by atomic mass is 10.3. The van der Waals surface area contributed by atoms with Crippen LogP contribution in [0.4, 0.5) is 10.1 Å². The number of nitrogens with two attached hydrogens (primary N) is 1. The molecule has 2 aromatic rings. The van der Waals surface area contributed by atoms with Crippen LogP contribution in [0.25, 0.3) is 0 Å². The van der Waals surface area contributed by atoms with Crippen molar-refractivity contribution >= 4 is 5.69 Å². The van der Waals surface area contributed by atoms with Crippen LogP contribution >= 0.6 is 0 Å². The number of anilines is 1. The summed E-state index contributed by atoms with van der Waals surface area (Å²) in [6.07, 6.45) is 1.60. The van der Waals surface area contributed by atoms with Gasteiger partial charge >= 0.3 is 0 Å². The third kappa shape index (κ3) is 2.61. The molecule has 0 saturated carbocycles. The lowest BCUT2D eigenvalue weighted by Gasteiger charge is -2.12. The third-order valence-electron chi connectivity index (χ3n) is 2.59. The Bertz CT molecular complexity index is 537. The fourth-order valence-corrected chi connectivity index (χ4v) is 1.70. The highest BCUT2D eigenvalue weighted by molar-refractivity contribution is 5.41. The minimum atomic E-state index is -0.321. The van der Waals surface area contributed by atoms with E-state index in [2.05, 4.69) is 5.10 Å². The molecule has 0 unspecified atom stereocenters. The molecule has 0 saturated heterocycles. The number of halogens is 1. The summed E-state index contributed by atoms with van der Waals surface area (Å²) in [6.45, 7) is 4.30. The normalized spacial score (nSPS) is 10.9. The van der Waals surface area contributed by atoms with Crippen LogP contribution in [0.2, 0.25) is 0 Å². The molecule has 1 heterocycles. The molecule has 4 nitrogen and oxygen atoms in total. The van der Waals surface area contributed by atoms with Crippen LogP contribution < -0.4 is 10.5 Å². The van der Waals surface area contributed by atoms with Crippen LogP contribution in [0.15, 0.2) is 30.5 Å². The van der Waals surface area contributed by atoms with Gasteiger partial charge in [-0.25, -0.2) is 4.39 Å². The van der Waals surface area contributed by atoms with Crippen LogP contribution in [0.1, 0.15) is 25.6 Å². The van der Waals surface area contributed by atoms with E-state index in [9.17, 15) is 4.39 Å². The maximum absolute atomic E-state index is 13.0. The van der Waals surface area contributed by atoms with Gasteiger partial charge < -0.3 is 10.5 Å². The minimum Gasteiger partial charge on any atom is -0.487 e. The molecule has 2 N–H and O–H groups in total. The second kappa shape index (κ2) is 5.08. The van der Waals surface area contributed by atoms with Crippen LogP contribution in [0.3, 0.4) is 0 Å². The predicted molar refractivity (Wildman–Crippen MR) is 67.8 cm³/mol. The van der Waals surface area contributed by atoms with Crippen LogP contribution in [0, 0.1) is 5.82 Å². The zero-order valence-corrected chi connectivity index (χ0v) is 10.4. The Morgan fingerprint density at radius 3 is 2.89 bits per heavy atom. The van der Waals surface area contributed by atoms with Gasteiger partial charge in [-0.3, -0.25) is 4.68 Å². The van der Waals surface area contributed by atoms with Gasteiger partial charge in [-0.2, -0.15) is 5.10 Å². The molecule has 0 aliphatic carbocycles. The van der Waals surface area contributed by atoms with E-state index in [4.69, 9.17) is 10.5 Å². The maximum atomic E-state index is 13.0. The average Bonchev–Trinajstić information content (AvgIpc) is 2.68. The van der Waals surface area contributed by atoms with E-state index in [-0.39, 0.29) is 18.5 Å². The first-order valence-electron chi connectivity index (χ1n) is 5.78. The van der Waals surface area contributed by atoms with Gasteiger partial charge in [0.15, 0.2) is 0 Å². The summed E-state index contributed by atoms with van der Waals surface area (Å²) in [5, 5.41) is 4.18. The van der Waals surface area contributed by atoms with Gasteiger partial charge in [0.2, 0.25) is 0 Å². The Morgan fingerprint density at radius 1 is 1.44 bits per heavy atom. The molecule has 1 aromatic carbocycles. The lowest BCUT2D eigenvalue weighted by Crippen LogP contribution is -2.11. The molecular weight excluding hydrogens is 233 g/mol. The summed E-state index contributed by atoms with van der Waals surface area (Å²) in [5.74, 6) is 0.156. The van der Waals surface area contributed by atoms with Crippen molar-refractivity contribution in [2.75, 3.05) is 5.73 Å². The molecule has 18 heavy (non-hydrogen) atoms. The van der Waals surface area contributed by atoms with Crippen molar-refractivity contribution in [3.8, 4) is 5.75 Å². The van der Waals surface area contributed by atoms with Crippen LogP contribution in [-0.4, -0.2) is 9.78 Å². The van der Waals surface area contributed by atoms with E-state index in [1.807, 2.05) is 13.8 Å². The zero-order valence-electron chi connectivity index (χ0n) is 10.4. The molecular formula is C13H16FN3O. The highest BCUT2D eigenvalue weighted by Gasteiger charge is 2.11.